The van der Waals surface area contributed by atoms with E-state index in [1.165, 1.54) is 87.9 Å². The maximum Gasteiger partial charge on any atom is 0.139 e. The zero-order valence-electron chi connectivity index (χ0n) is 26.3. The molecule has 4 heteroatoms. The van der Waals surface area contributed by atoms with Crippen LogP contribution < -0.4 is 10.6 Å². The normalized spacial score (nSPS) is 16.5. The maximum atomic E-state index is 5.40. The van der Waals surface area contributed by atoms with Crippen LogP contribution in [0.4, 0.5) is 5.69 Å². The van der Waals surface area contributed by atoms with Gasteiger partial charge in [-0.25, -0.2) is 4.98 Å². The SMILES string of the molecule is CCNCc1cc(CC)cc(-c2ccc3c(c2)C(c2nc4c(C(C)C5CCCCC5)cccc4[nH]2)=C(CC)CN3)c1C. The van der Waals surface area contributed by atoms with Gasteiger partial charge in [0.15, 0.2) is 0 Å². The average molecular weight is 561 g/mol. The summed E-state index contributed by atoms with van der Waals surface area (Å²) in [5, 5.41) is 7.26. The maximum absolute atomic E-state index is 5.40. The lowest BCUT2D eigenvalue weighted by Gasteiger charge is -2.28. The van der Waals surface area contributed by atoms with Crippen LogP contribution in [-0.2, 0) is 13.0 Å². The van der Waals surface area contributed by atoms with E-state index >= 15 is 0 Å². The van der Waals surface area contributed by atoms with Crippen LogP contribution in [0.25, 0.3) is 27.7 Å². The molecule has 2 heterocycles. The highest BCUT2D eigenvalue weighted by Crippen LogP contribution is 2.42. The molecule has 0 bridgehead atoms. The van der Waals surface area contributed by atoms with Crippen molar-refractivity contribution in [3.63, 3.8) is 0 Å². The zero-order chi connectivity index (χ0) is 29.2. The predicted octanol–water partition coefficient (Wildman–Crippen LogP) is 9.53. The van der Waals surface area contributed by atoms with Gasteiger partial charge in [0, 0.05) is 29.9 Å². The van der Waals surface area contributed by atoms with Crippen LogP contribution in [0.15, 0.2) is 54.1 Å². The molecule has 1 unspecified atom stereocenters. The molecule has 4 nitrogen and oxygen atoms in total. The number of aryl methyl sites for hydroxylation is 1. The summed E-state index contributed by atoms with van der Waals surface area (Å²) in [5.74, 6) is 2.30. The van der Waals surface area contributed by atoms with Gasteiger partial charge in [-0.2, -0.15) is 0 Å². The van der Waals surface area contributed by atoms with Crippen molar-refractivity contribution in [3.05, 3.63) is 87.7 Å². The number of aromatic amines is 1. The molecule has 1 atom stereocenters. The van der Waals surface area contributed by atoms with Crippen molar-refractivity contribution in [2.24, 2.45) is 5.92 Å². The molecule has 4 aromatic rings. The van der Waals surface area contributed by atoms with E-state index in [0.29, 0.717) is 5.92 Å². The quantitative estimate of drug-likeness (QED) is 0.191. The molecule has 6 rings (SSSR count). The molecule has 0 radical (unpaired) electrons. The Hall–Kier alpha value is -3.37. The van der Waals surface area contributed by atoms with Crippen molar-refractivity contribution in [1.29, 1.82) is 0 Å². The van der Waals surface area contributed by atoms with Gasteiger partial charge >= 0.3 is 0 Å². The topological polar surface area (TPSA) is 52.7 Å². The van der Waals surface area contributed by atoms with E-state index in [1.807, 2.05) is 0 Å². The van der Waals surface area contributed by atoms with Crippen molar-refractivity contribution >= 4 is 22.3 Å². The Kier molecular flexibility index (Phi) is 8.53. The van der Waals surface area contributed by atoms with E-state index in [0.717, 1.165) is 55.3 Å². The number of imidazole rings is 1. The molecular formula is C38H48N4. The molecule has 0 amide bonds. The van der Waals surface area contributed by atoms with E-state index in [1.54, 1.807) is 0 Å². The van der Waals surface area contributed by atoms with Crippen LogP contribution in [0, 0.1) is 12.8 Å². The van der Waals surface area contributed by atoms with Crippen molar-refractivity contribution < 1.29 is 0 Å². The Morgan fingerprint density at radius 1 is 0.952 bits per heavy atom. The first kappa shape index (κ1) is 28.7. The van der Waals surface area contributed by atoms with Crippen molar-refractivity contribution in [3.8, 4) is 11.1 Å². The number of hydrogen-bond acceptors (Lipinski definition) is 3. The molecule has 2 aliphatic rings. The number of rotatable bonds is 9. The van der Waals surface area contributed by atoms with Gasteiger partial charge in [0.05, 0.1) is 11.0 Å². The third kappa shape index (κ3) is 5.42. The fourth-order valence-corrected chi connectivity index (χ4v) is 7.37. The first-order valence-corrected chi connectivity index (χ1v) is 16.4. The second kappa shape index (κ2) is 12.5. The monoisotopic (exact) mass is 560 g/mol. The smallest absolute Gasteiger partial charge is 0.139 e. The summed E-state index contributed by atoms with van der Waals surface area (Å²) >= 11 is 0. The van der Waals surface area contributed by atoms with Gasteiger partial charge in [-0.1, -0.05) is 77.3 Å². The van der Waals surface area contributed by atoms with E-state index in [2.05, 4.69) is 98.8 Å². The van der Waals surface area contributed by atoms with Gasteiger partial charge in [-0.05, 0) is 108 Å². The molecule has 0 saturated heterocycles. The molecule has 1 aliphatic carbocycles. The molecule has 3 N–H and O–H groups in total. The first-order chi connectivity index (χ1) is 20.5. The number of benzene rings is 3. The predicted molar refractivity (Wildman–Crippen MR) is 179 cm³/mol. The zero-order valence-corrected chi connectivity index (χ0v) is 26.3. The molecule has 3 aromatic carbocycles. The first-order valence-electron chi connectivity index (χ1n) is 16.4. The Morgan fingerprint density at radius 3 is 2.55 bits per heavy atom. The Balaban J connectivity index is 1.45. The minimum absolute atomic E-state index is 0.530. The highest BCUT2D eigenvalue weighted by Gasteiger charge is 2.26. The average Bonchev–Trinajstić information content (AvgIpc) is 3.47. The summed E-state index contributed by atoms with van der Waals surface area (Å²) < 4.78 is 0. The van der Waals surface area contributed by atoms with Crippen LogP contribution in [-0.4, -0.2) is 23.1 Å². The highest BCUT2D eigenvalue weighted by atomic mass is 14.9. The number of fused-ring (bicyclic) bond motifs is 2. The molecule has 42 heavy (non-hydrogen) atoms. The Bertz CT molecular complexity index is 1600. The number of anilines is 1. The molecule has 1 fully saturated rings. The third-order valence-corrected chi connectivity index (χ3v) is 10.0. The van der Waals surface area contributed by atoms with Crippen LogP contribution in [0.5, 0.6) is 0 Å². The number of para-hydroxylation sites is 1. The van der Waals surface area contributed by atoms with Crippen LogP contribution in [0.1, 0.15) is 106 Å². The minimum Gasteiger partial charge on any atom is -0.381 e. The van der Waals surface area contributed by atoms with E-state index in [9.17, 15) is 0 Å². The Morgan fingerprint density at radius 2 is 1.79 bits per heavy atom. The lowest BCUT2D eigenvalue weighted by molar-refractivity contribution is 0.317. The van der Waals surface area contributed by atoms with E-state index < -0.39 is 0 Å². The highest BCUT2D eigenvalue weighted by molar-refractivity contribution is 5.93. The molecule has 220 valence electrons. The molecule has 1 saturated carbocycles. The summed E-state index contributed by atoms with van der Waals surface area (Å²) in [6.45, 7) is 14.1. The Labute approximate surface area is 252 Å². The number of nitrogens with one attached hydrogen (secondary N) is 3. The summed E-state index contributed by atoms with van der Waals surface area (Å²) in [7, 11) is 0. The van der Waals surface area contributed by atoms with E-state index in [4.69, 9.17) is 4.98 Å². The lowest BCUT2D eigenvalue weighted by Crippen LogP contribution is -2.15. The summed E-state index contributed by atoms with van der Waals surface area (Å²) in [6, 6.07) is 18.5. The van der Waals surface area contributed by atoms with Crippen molar-refractivity contribution in [2.45, 2.75) is 92.0 Å². The lowest BCUT2D eigenvalue weighted by atomic mass is 9.77. The second-order valence-corrected chi connectivity index (χ2v) is 12.5. The van der Waals surface area contributed by atoms with Crippen molar-refractivity contribution in [1.82, 2.24) is 15.3 Å². The summed E-state index contributed by atoms with van der Waals surface area (Å²) in [5.41, 5.74) is 15.6. The van der Waals surface area contributed by atoms with Gasteiger partial charge in [-0.15, -0.1) is 0 Å². The number of nitrogens with zero attached hydrogens (tertiary/aromatic N) is 1. The molecule has 1 aliphatic heterocycles. The fraction of sp³-hybridized carbons (Fsp3) is 0.447. The number of aromatic nitrogens is 2. The fourth-order valence-electron chi connectivity index (χ4n) is 7.37. The van der Waals surface area contributed by atoms with Gasteiger partial charge in [0.2, 0.25) is 0 Å². The van der Waals surface area contributed by atoms with Gasteiger partial charge in [0.1, 0.15) is 5.82 Å². The molecule has 0 spiro atoms. The van der Waals surface area contributed by atoms with Gasteiger partial charge < -0.3 is 15.6 Å². The number of H-pyrrole nitrogens is 1. The molecular weight excluding hydrogens is 512 g/mol. The van der Waals surface area contributed by atoms with Crippen LogP contribution in [0.3, 0.4) is 0 Å². The standard InChI is InChI=1S/C38H48N4/c1-6-26-19-30(22-39-8-3)25(5)32(20-26)29-17-18-34-33(21-29)36(27(7-2)23-40-34)38-41-35-16-12-15-31(37(35)42-38)24(4)28-13-10-9-11-14-28/h12,15-21,24,28,39-40H,6-11,13-14,22-23H2,1-5H3,(H,41,42). The number of hydrogen-bond donors (Lipinski definition) is 3. The summed E-state index contributed by atoms with van der Waals surface area (Å²) in [6.07, 6.45) is 8.84. The van der Waals surface area contributed by atoms with E-state index in [-0.39, 0.29) is 0 Å². The van der Waals surface area contributed by atoms with Gasteiger partial charge in [0.25, 0.3) is 0 Å². The second-order valence-electron chi connectivity index (χ2n) is 12.5. The van der Waals surface area contributed by atoms with Gasteiger partial charge in [-0.3, -0.25) is 0 Å². The van der Waals surface area contributed by atoms with Crippen molar-refractivity contribution in [2.75, 3.05) is 18.4 Å². The minimum atomic E-state index is 0.530. The van der Waals surface area contributed by atoms with Crippen LogP contribution >= 0.6 is 0 Å². The van der Waals surface area contributed by atoms with Crippen LogP contribution in [0.2, 0.25) is 0 Å². The largest absolute Gasteiger partial charge is 0.381 e. The molecule has 1 aromatic heterocycles. The summed E-state index contributed by atoms with van der Waals surface area (Å²) in [4.78, 5) is 9.18. The third-order valence-electron chi connectivity index (χ3n) is 10.0.